The quantitative estimate of drug-likeness (QED) is 0.784. The van der Waals surface area contributed by atoms with Crippen LogP contribution in [0.1, 0.15) is 16.1 Å². The van der Waals surface area contributed by atoms with E-state index in [0.29, 0.717) is 17.0 Å². The minimum Gasteiger partial charge on any atom is -0.497 e. The first-order chi connectivity index (χ1) is 11.3. The second kappa shape index (κ2) is 6.74. The molecule has 3 aromatic rings. The van der Waals surface area contributed by atoms with Crippen molar-refractivity contribution < 1.29 is 14.1 Å². The van der Waals surface area contributed by atoms with Gasteiger partial charge < -0.3 is 14.6 Å². The monoisotopic (exact) mass is 309 g/mol. The molecule has 23 heavy (non-hydrogen) atoms. The number of amides is 1. The molecule has 0 bridgehead atoms. The Morgan fingerprint density at radius 3 is 2.96 bits per heavy atom. The second-order valence-electron chi connectivity index (χ2n) is 4.83. The van der Waals surface area contributed by atoms with Crippen molar-refractivity contribution >= 4 is 5.91 Å². The highest BCUT2D eigenvalue weighted by Crippen LogP contribution is 2.23. The molecular weight excluding hydrogens is 294 g/mol. The van der Waals surface area contributed by atoms with Crippen LogP contribution in [0, 0.1) is 0 Å². The van der Waals surface area contributed by atoms with Crippen molar-refractivity contribution in [3.05, 3.63) is 66.2 Å². The molecular formula is C17H15N3O3. The topological polar surface area (TPSA) is 77.2 Å². The number of pyridine rings is 1. The molecule has 1 amide bonds. The van der Waals surface area contributed by atoms with Crippen LogP contribution in [0.5, 0.6) is 5.75 Å². The smallest absolute Gasteiger partial charge is 0.253 e. The SMILES string of the molecule is COc1cccc(-c2cc(CNC(=O)c3cccnc3)on2)c1. The Morgan fingerprint density at radius 1 is 1.26 bits per heavy atom. The van der Waals surface area contributed by atoms with E-state index in [1.54, 1.807) is 31.5 Å². The maximum atomic E-state index is 11.9. The number of aromatic nitrogens is 2. The number of carbonyl (C=O) groups is 1. The van der Waals surface area contributed by atoms with E-state index in [0.717, 1.165) is 11.3 Å². The molecule has 0 fully saturated rings. The Hall–Kier alpha value is -3.15. The highest BCUT2D eigenvalue weighted by Gasteiger charge is 2.10. The van der Waals surface area contributed by atoms with E-state index in [4.69, 9.17) is 9.26 Å². The lowest BCUT2D eigenvalue weighted by Gasteiger charge is -2.01. The zero-order chi connectivity index (χ0) is 16.1. The van der Waals surface area contributed by atoms with E-state index in [1.807, 2.05) is 24.3 Å². The molecule has 0 aliphatic rings. The lowest BCUT2D eigenvalue weighted by atomic mass is 10.1. The molecule has 0 saturated heterocycles. The van der Waals surface area contributed by atoms with Gasteiger partial charge in [-0.2, -0.15) is 0 Å². The molecule has 1 N–H and O–H groups in total. The number of nitrogens with one attached hydrogen (secondary N) is 1. The van der Waals surface area contributed by atoms with Gasteiger partial charge in [-0.1, -0.05) is 17.3 Å². The van der Waals surface area contributed by atoms with Crippen LogP contribution in [0.4, 0.5) is 0 Å². The summed E-state index contributed by atoms with van der Waals surface area (Å²) >= 11 is 0. The fraction of sp³-hybridized carbons (Fsp3) is 0.118. The van der Waals surface area contributed by atoms with Gasteiger partial charge in [0.25, 0.3) is 5.91 Å². The van der Waals surface area contributed by atoms with E-state index >= 15 is 0 Å². The average Bonchev–Trinajstić information content (AvgIpc) is 3.09. The highest BCUT2D eigenvalue weighted by atomic mass is 16.5. The van der Waals surface area contributed by atoms with Gasteiger partial charge in [0.1, 0.15) is 11.4 Å². The van der Waals surface area contributed by atoms with Crippen molar-refractivity contribution in [3.8, 4) is 17.0 Å². The zero-order valence-electron chi connectivity index (χ0n) is 12.5. The molecule has 3 rings (SSSR count). The van der Waals surface area contributed by atoms with Crippen LogP contribution in [0.15, 0.2) is 59.4 Å². The summed E-state index contributed by atoms with van der Waals surface area (Å²) in [7, 11) is 1.61. The van der Waals surface area contributed by atoms with Crippen molar-refractivity contribution in [1.82, 2.24) is 15.5 Å². The molecule has 2 heterocycles. The Labute approximate surface area is 133 Å². The van der Waals surface area contributed by atoms with E-state index in [-0.39, 0.29) is 12.5 Å². The number of rotatable bonds is 5. The third-order valence-electron chi connectivity index (χ3n) is 3.27. The summed E-state index contributed by atoms with van der Waals surface area (Å²) in [6.45, 7) is 0.255. The van der Waals surface area contributed by atoms with Crippen LogP contribution in [0.2, 0.25) is 0 Å². The average molecular weight is 309 g/mol. The minimum absolute atomic E-state index is 0.211. The first-order valence-corrected chi connectivity index (χ1v) is 7.04. The molecule has 116 valence electrons. The summed E-state index contributed by atoms with van der Waals surface area (Å²) in [4.78, 5) is 15.9. The number of benzene rings is 1. The highest BCUT2D eigenvalue weighted by molar-refractivity contribution is 5.93. The van der Waals surface area contributed by atoms with Gasteiger partial charge in [-0.3, -0.25) is 9.78 Å². The van der Waals surface area contributed by atoms with Crippen molar-refractivity contribution in [1.29, 1.82) is 0 Å². The van der Waals surface area contributed by atoms with Gasteiger partial charge in [-0.05, 0) is 24.3 Å². The molecule has 0 unspecified atom stereocenters. The Morgan fingerprint density at radius 2 is 2.17 bits per heavy atom. The van der Waals surface area contributed by atoms with Gasteiger partial charge in [-0.15, -0.1) is 0 Å². The number of ether oxygens (including phenoxy) is 1. The Bertz CT molecular complexity index is 800. The van der Waals surface area contributed by atoms with Crippen LogP contribution in [0.25, 0.3) is 11.3 Å². The van der Waals surface area contributed by atoms with Crippen molar-refractivity contribution in [2.75, 3.05) is 7.11 Å². The first-order valence-electron chi connectivity index (χ1n) is 7.04. The summed E-state index contributed by atoms with van der Waals surface area (Å²) in [5, 5.41) is 6.78. The molecule has 2 aromatic heterocycles. The maximum Gasteiger partial charge on any atom is 0.253 e. The summed E-state index contributed by atoms with van der Waals surface area (Å²) in [5.74, 6) is 1.11. The van der Waals surface area contributed by atoms with E-state index in [1.165, 1.54) is 6.20 Å². The van der Waals surface area contributed by atoms with Gasteiger partial charge >= 0.3 is 0 Å². The van der Waals surface area contributed by atoms with Gasteiger partial charge in [0.15, 0.2) is 5.76 Å². The number of hydrogen-bond acceptors (Lipinski definition) is 5. The van der Waals surface area contributed by atoms with Crippen molar-refractivity contribution in [3.63, 3.8) is 0 Å². The van der Waals surface area contributed by atoms with Crippen LogP contribution in [-0.2, 0) is 6.54 Å². The van der Waals surface area contributed by atoms with Gasteiger partial charge in [0.05, 0.1) is 19.2 Å². The molecule has 0 atom stereocenters. The molecule has 0 spiro atoms. The van der Waals surface area contributed by atoms with Crippen LogP contribution >= 0.6 is 0 Å². The lowest BCUT2D eigenvalue weighted by Crippen LogP contribution is -2.22. The normalized spacial score (nSPS) is 10.3. The van der Waals surface area contributed by atoms with Gasteiger partial charge in [-0.25, -0.2) is 0 Å². The standard InChI is InChI=1S/C17H15N3O3/c1-22-14-6-2-4-12(8-14)16-9-15(23-20-16)11-19-17(21)13-5-3-7-18-10-13/h2-10H,11H2,1H3,(H,19,21). The fourth-order valence-corrected chi connectivity index (χ4v) is 2.08. The Balaban J connectivity index is 1.66. The van der Waals surface area contributed by atoms with Crippen molar-refractivity contribution in [2.45, 2.75) is 6.54 Å². The molecule has 0 aliphatic heterocycles. The predicted octanol–water partition coefficient (Wildman–Crippen LogP) is 2.68. The van der Waals surface area contributed by atoms with Crippen LogP contribution < -0.4 is 10.1 Å². The maximum absolute atomic E-state index is 11.9. The zero-order valence-corrected chi connectivity index (χ0v) is 12.5. The van der Waals surface area contributed by atoms with Gasteiger partial charge in [0, 0.05) is 24.0 Å². The summed E-state index contributed by atoms with van der Waals surface area (Å²) in [6, 6.07) is 12.7. The predicted molar refractivity (Wildman–Crippen MR) is 83.9 cm³/mol. The summed E-state index contributed by atoms with van der Waals surface area (Å²) in [5.41, 5.74) is 2.08. The molecule has 0 aliphatic carbocycles. The lowest BCUT2D eigenvalue weighted by molar-refractivity contribution is 0.0946. The Kier molecular flexibility index (Phi) is 4.33. The summed E-state index contributed by atoms with van der Waals surface area (Å²) < 4.78 is 10.4. The molecule has 6 nitrogen and oxygen atoms in total. The number of methoxy groups -OCH3 is 1. The van der Waals surface area contributed by atoms with E-state index < -0.39 is 0 Å². The van der Waals surface area contributed by atoms with E-state index in [2.05, 4.69) is 15.5 Å². The molecule has 0 saturated carbocycles. The third kappa shape index (κ3) is 3.55. The molecule has 1 aromatic carbocycles. The van der Waals surface area contributed by atoms with Crippen molar-refractivity contribution in [2.24, 2.45) is 0 Å². The van der Waals surface area contributed by atoms with Gasteiger partial charge in [0.2, 0.25) is 0 Å². The van der Waals surface area contributed by atoms with Crippen LogP contribution in [0.3, 0.4) is 0 Å². The van der Waals surface area contributed by atoms with E-state index in [9.17, 15) is 4.79 Å². The number of carbonyl (C=O) groups excluding carboxylic acids is 1. The molecule has 6 heteroatoms. The number of hydrogen-bond donors (Lipinski definition) is 1. The fourth-order valence-electron chi connectivity index (χ4n) is 2.08. The third-order valence-corrected chi connectivity index (χ3v) is 3.27. The minimum atomic E-state index is -0.211. The second-order valence-corrected chi connectivity index (χ2v) is 4.83. The molecule has 0 radical (unpaired) electrons. The number of nitrogens with zero attached hydrogens (tertiary/aromatic N) is 2. The first kappa shape index (κ1) is 14.8. The van der Waals surface area contributed by atoms with Crippen LogP contribution in [-0.4, -0.2) is 23.2 Å². The largest absolute Gasteiger partial charge is 0.497 e. The summed E-state index contributed by atoms with van der Waals surface area (Å²) in [6.07, 6.45) is 3.13.